The second-order valence-corrected chi connectivity index (χ2v) is 7.88. The molecule has 4 rings (SSSR count). The number of anilines is 1. The monoisotopic (exact) mass is 473 g/mol. The lowest BCUT2D eigenvalue weighted by molar-refractivity contribution is 0.151. The van der Waals surface area contributed by atoms with Crippen LogP contribution in [0.5, 0.6) is 5.75 Å². The molecule has 2 bridgehead atoms. The minimum Gasteiger partial charge on any atom is -0.482 e. The maximum absolute atomic E-state index is 14.3. The molecule has 5 N–H and O–H groups in total. The van der Waals surface area contributed by atoms with Crippen molar-refractivity contribution in [2.24, 2.45) is 5.73 Å². The summed E-state index contributed by atoms with van der Waals surface area (Å²) in [6.07, 6.45) is -0.711. The van der Waals surface area contributed by atoms with Gasteiger partial charge in [0, 0.05) is 41.5 Å². The van der Waals surface area contributed by atoms with Gasteiger partial charge in [-0.2, -0.15) is 0 Å². The van der Waals surface area contributed by atoms with Crippen LogP contribution in [0.25, 0.3) is 16.8 Å². The Morgan fingerprint density at radius 2 is 1.88 bits per heavy atom. The summed E-state index contributed by atoms with van der Waals surface area (Å²) in [5.74, 6) is -0.817. The summed E-state index contributed by atoms with van der Waals surface area (Å²) in [5, 5.41) is 2.74. The number of pyridine rings is 2. The number of nitrogens with zero attached hydrogens (tertiary/aromatic N) is 2. The van der Waals surface area contributed by atoms with Crippen molar-refractivity contribution in [1.29, 1.82) is 0 Å². The third-order valence-electron chi connectivity index (χ3n) is 5.57. The summed E-state index contributed by atoms with van der Waals surface area (Å²) in [6, 6.07) is 6.96. The molecule has 3 aromatic rings. The van der Waals surface area contributed by atoms with Crippen molar-refractivity contribution in [2.45, 2.75) is 25.9 Å². The van der Waals surface area contributed by atoms with Gasteiger partial charge in [0.1, 0.15) is 17.7 Å². The molecule has 0 saturated carbocycles. The first-order valence-electron chi connectivity index (χ1n) is 10.6. The van der Waals surface area contributed by atoms with Crippen molar-refractivity contribution in [3.05, 3.63) is 76.8 Å². The summed E-state index contributed by atoms with van der Waals surface area (Å²) >= 11 is 0. The van der Waals surface area contributed by atoms with Crippen LogP contribution in [0.3, 0.4) is 0 Å². The Labute approximate surface area is 193 Å². The highest BCUT2D eigenvalue weighted by atomic mass is 19.3. The molecule has 3 heterocycles. The zero-order valence-corrected chi connectivity index (χ0v) is 18.3. The molecule has 2 aromatic heterocycles. The van der Waals surface area contributed by atoms with Gasteiger partial charge in [-0.15, -0.1) is 0 Å². The van der Waals surface area contributed by atoms with E-state index in [2.05, 4.69) is 15.3 Å². The number of alkyl halides is 2. The summed E-state index contributed by atoms with van der Waals surface area (Å²) in [4.78, 5) is 8.40. The van der Waals surface area contributed by atoms with E-state index in [1.807, 2.05) is 0 Å². The van der Waals surface area contributed by atoms with Gasteiger partial charge in [-0.3, -0.25) is 4.98 Å². The second kappa shape index (κ2) is 9.68. The Morgan fingerprint density at radius 3 is 2.62 bits per heavy atom. The van der Waals surface area contributed by atoms with Gasteiger partial charge >= 0.3 is 0 Å². The Hall–Kier alpha value is -3.66. The normalized spacial score (nSPS) is 17.8. The summed E-state index contributed by atoms with van der Waals surface area (Å²) in [6.45, 7) is 1.07. The molecule has 10 heteroatoms. The van der Waals surface area contributed by atoms with Gasteiger partial charge in [-0.05, 0) is 42.3 Å². The summed E-state index contributed by atoms with van der Waals surface area (Å²) in [5.41, 5.74) is 15.2. The number of rotatable bonds is 4. The van der Waals surface area contributed by atoms with Gasteiger partial charge in [0.25, 0.3) is 6.43 Å². The lowest BCUT2D eigenvalue weighted by atomic mass is 9.92. The number of hydrogen-bond acceptors (Lipinski definition) is 6. The van der Waals surface area contributed by atoms with Crippen LogP contribution in [0.4, 0.5) is 23.4 Å². The quantitative estimate of drug-likeness (QED) is 0.491. The molecule has 1 aliphatic rings. The minimum atomic E-state index is -2.62. The van der Waals surface area contributed by atoms with Crippen LogP contribution < -0.4 is 21.5 Å². The highest BCUT2D eigenvalue weighted by Gasteiger charge is 2.23. The van der Waals surface area contributed by atoms with E-state index in [4.69, 9.17) is 16.2 Å². The van der Waals surface area contributed by atoms with Crippen molar-refractivity contribution in [3.63, 3.8) is 0 Å². The molecule has 34 heavy (non-hydrogen) atoms. The highest BCUT2D eigenvalue weighted by Crippen LogP contribution is 2.37. The van der Waals surface area contributed by atoms with E-state index in [0.717, 1.165) is 6.20 Å². The molecule has 6 nitrogen and oxygen atoms in total. The Morgan fingerprint density at radius 1 is 1.09 bits per heavy atom. The number of aromatic nitrogens is 2. The van der Waals surface area contributed by atoms with Gasteiger partial charge in [-0.25, -0.2) is 22.5 Å². The molecule has 0 radical (unpaired) electrons. The molecule has 1 aromatic carbocycles. The summed E-state index contributed by atoms with van der Waals surface area (Å²) < 4.78 is 60.7. The van der Waals surface area contributed by atoms with E-state index in [9.17, 15) is 17.6 Å². The van der Waals surface area contributed by atoms with E-state index < -0.39 is 30.7 Å². The lowest BCUT2D eigenvalue weighted by Crippen LogP contribution is -2.24. The van der Waals surface area contributed by atoms with Crippen molar-refractivity contribution in [3.8, 4) is 16.9 Å². The predicted octanol–water partition coefficient (Wildman–Crippen LogP) is 4.22. The standard InChI is InChI=1S/C24H23F4N5O/c1-12-18-6-15(25)2-3-17(18)19-7-16(26)10-31-20(19)4-13(8-29)23(32-11-22(27)28)14-5-21(34-12)24(30)33-9-14/h2-3,5-7,9-10,12,22,32H,4,8,11,29H2,1H3,(H2,30,33)/b23-13-/t12-/m1/s1. The number of benzene rings is 1. The van der Waals surface area contributed by atoms with Gasteiger partial charge in [0.2, 0.25) is 0 Å². The van der Waals surface area contributed by atoms with Crippen LogP contribution in [0, 0.1) is 11.6 Å². The van der Waals surface area contributed by atoms with Crippen LogP contribution >= 0.6 is 0 Å². The third-order valence-corrected chi connectivity index (χ3v) is 5.57. The van der Waals surface area contributed by atoms with Crippen LogP contribution in [0.15, 0.2) is 48.3 Å². The fourth-order valence-electron chi connectivity index (χ4n) is 3.97. The van der Waals surface area contributed by atoms with Crippen LogP contribution in [0.1, 0.15) is 29.8 Å². The molecule has 0 spiro atoms. The first-order valence-corrected chi connectivity index (χ1v) is 10.6. The smallest absolute Gasteiger partial charge is 0.255 e. The number of nitrogen functional groups attached to an aromatic ring is 1. The molecule has 0 aliphatic carbocycles. The fraction of sp³-hybridized carbons (Fsp3) is 0.250. The number of halogens is 4. The van der Waals surface area contributed by atoms with Crippen molar-refractivity contribution < 1.29 is 22.3 Å². The van der Waals surface area contributed by atoms with E-state index in [-0.39, 0.29) is 24.5 Å². The Kier molecular flexibility index (Phi) is 6.69. The molecule has 0 amide bonds. The van der Waals surface area contributed by atoms with Crippen molar-refractivity contribution in [2.75, 3.05) is 18.8 Å². The van der Waals surface area contributed by atoms with Gasteiger partial charge in [-0.1, -0.05) is 6.07 Å². The first-order chi connectivity index (χ1) is 16.3. The zero-order chi connectivity index (χ0) is 24.4. The van der Waals surface area contributed by atoms with Gasteiger partial charge < -0.3 is 21.5 Å². The molecule has 0 saturated heterocycles. The number of ether oxygens (including phenoxy) is 1. The number of nitrogens with one attached hydrogen (secondary N) is 1. The predicted molar refractivity (Wildman–Crippen MR) is 121 cm³/mol. The van der Waals surface area contributed by atoms with Gasteiger partial charge in [0.05, 0.1) is 18.4 Å². The SMILES string of the molecule is C[C@H]1Oc2cc(cnc2N)/C(NCC(F)F)=C(/CN)Cc2ncc(F)cc2-c2ccc(F)cc21. The number of hydrogen-bond donors (Lipinski definition) is 3. The van der Waals surface area contributed by atoms with Crippen molar-refractivity contribution >= 4 is 11.5 Å². The highest BCUT2D eigenvalue weighted by molar-refractivity contribution is 5.74. The molecule has 1 atom stereocenters. The largest absolute Gasteiger partial charge is 0.482 e. The maximum Gasteiger partial charge on any atom is 0.255 e. The van der Waals surface area contributed by atoms with Crippen LogP contribution in [0.2, 0.25) is 0 Å². The Bertz CT molecular complexity index is 1250. The Balaban J connectivity index is 2.01. The molecule has 0 unspecified atom stereocenters. The lowest BCUT2D eigenvalue weighted by Gasteiger charge is -2.24. The molecular formula is C24H23F4N5O. The third kappa shape index (κ3) is 4.81. The minimum absolute atomic E-state index is 0.00267. The molecule has 178 valence electrons. The number of fused-ring (bicyclic) bond motifs is 5. The maximum atomic E-state index is 14.3. The number of nitrogens with two attached hydrogens (primary N) is 2. The topological polar surface area (TPSA) is 99.1 Å². The van der Waals surface area contributed by atoms with E-state index in [1.54, 1.807) is 13.0 Å². The molecule has 1 aliphatic heterocycles. The zero-order valence-electron chi connectivity index (χ0n) is 18.3. The second-order valence-electron chi connectivity index (χ2n) is 7.88. The molecular weight excluding hydrogens is 450 g/mol. The average molecular weight is 473 g/mol. The summed E-state index contributed by atoms with van der Waals surface area (Å²) in [7, 11) is 0. The van der Waals surface area contributed by atoms with Crippen LogP contribution in [-0.2, 0) is 6.42 Å². The molecule has 0 fully saturated rings. The van der Waals surface area contributed by atoms with Gasteiger partial charge in [0.15, 0.2) is 11.6 Å². The van der Waals surface area contributed by atoms with Crippen molar-refractivity contribution in [1.82, 2.24) is 15.3 Å². The fourth-order valence-corrected chi connectivity index (χ4v) is 3.97. The van der Waals surface area contributed by atoms with E-state index in [1.165, 1.54) is 30.5 Å². The van der Waals surface area contributed by atoms with Crippen LogP contribution in [-0.4, -0.2) is 29.5 Å². The first kappa shape index (κ1) is 23.5. The van der Waals surface area contributed by atoms with E-state index >= 15 is 0 Å². The van der Waals surface area contributed by atoms with E-state index in [0.29, 0.717) is 39.2 Å². The average Bonchev–Trinajstić information content (AvgIpc) is 2.80.